The summed E-state index contributed by atoms with van der Waals surface area (Å²) in [6.07, 6.45) is 1.31. The fraction of sp³-hybridized carbons (Fsp3) is 0.571. The monoisotopic (exact) mass is 315 g/mol. The van der Waals surface area contributed by atoms with Gasteiger partial charge in [0.25, 0.3) is 0 Å². The van der Waals surface area contributed by atoms with Crippen molar-refractivity contribution >= 4 is 38.2 Å². The fourth-order valence-corrected chi connectivity index (χ4v) is 9.04. The first-order chi connectivity index (χ1) is 9.30. The first-order valence-electron chi connectivity index (χ1n) is 6.80. The van der Waals surface area contributed by atoms with Crippen LogP contribution in [0.5, 0.6) is 0 Å². The van der Waals surface area contributed by atoms with E-state index in [0.29, 0.717) is 0 Å². The molecule has 0 N–H and O–H groups in total. The number of para-hydroxylation sites is 1. The van der Waals surface area contributed by atoms with E-state index < -0.39 is 9.06 Å². The van der Waals surface area contributed by atoms with Gasteiger partial charge in [0.1, 0.15) is 0 Å². The predicted octanol–water partition coefficient (Wildman–Crippen LogP) is 3.63. The Bertz CT molecular complexity index is 428. The van der Waals surface area contributed by atoms with Crippen LogP contribution < -0.4 is 4.90 Å². The molecule has 2 fully saturated rings. The van der Waals surface area contributed by atoms with E-state index in [2.05, 4.69) is 40.9 Å². The molecular weight excluding hydrogens is 294 g/mol. The first-order valence-corrected chi connectivity index (χ1v) is 11.0. The van der Waals surface area contributed by atoms with Gasteiger partial charge in [-0.05, 0) is 30.1 Å². The summed E-state index contributed by atoms with van der Waals surface area (Å²) in [5.41, 5.74) is 1.40. The van der Waals surface area contributed by atoms with Crippen LogP contribution in [0, 0.1) is 0 Å². The summed E-state index contributed by atoms with van der Waals surface area (Å²) in [6.45, 7) is 3.71. The second-order valence-corrected chi connectivity index (χ2v) is 11.4. The Morgan fingerprint density at radius 1 is 1.21 bits per heavy atom. The molecule has 2 aliphatic rings. The van der Waals surface area contributed by atoms with Crippen molar-refractivity contribution in [1.29, 1.82) is 0 Å². The van der Waals surface area contributed by atoms with Crippen molar-refractivity contribution in [1.82, 2.24) is 0 Å². The highest BCUT2D eigenvalue weighted by atomic mass is 33.1. The molecule has 2 nitrogen and oxygen atoms in total. The van der Waals surface area contributed by atoms with E-state index in [1.807, 2.05) is 0 Å². The number of thioether (sulfide) groups is 1. The van der Waals surface area contributed by atoms with Crippen LogP contribution in [-0.2, 0) is 4.74 Å². The van der Waals surface area contributed by atoms with Gasteiger partial charge in [0.15, 0.2) is 0 Å². The van der Waals surface area contributed by atoms with E-state index in [1.54, 1.807) is 0 Å². The van der Waals surface area contributed by atoms with Crippen LogP contribution in [0.3, 0.4) is 0 Å². The minimum absolute atomic E-state index is 0.845. The number of rotatable bonds is 2. The Hall–Kier alpha value is 0.0300. The van der Waals surface area contributed by atoms with Gasteiger partial charge in [0, 0.05) is 28.8 Å². The van der Waals surface area contributed by atoms with Gasteiger partial charge in [-0.3, -0.25) is 0 Å². The topological polar surface area (TPSA) is 12.5 Å². The number of ether oxygens (including phenoxy) is 1. The van der Waals surface area contributed by atoms with Crippen molar-refractivity contribution in [2.24, 2.45) is 0 Å². The lowest BCUT2D eigenvalue weighted by Gasteiger charge is -2.41. The standard InChI is InChI=1S/C14H21NOS3/c17-19(11-3-10-18-12-19)14-5-2-1-4-13(14)15-6-8-16-9-7-15/h1-2,4-5,17H,3,6-12H2. The average Bonchev–Trinajstić information content (AvgIpc) is 2.49. The quantitative estimate of drug-likeness (QED) is 0.661. The Labute approximate surface area is 126 Å². The Balaban J connectivity index is 1.91. The van der Waals surface area contributed by atoms with E-state index in [1.165, 1.54) is 33.6 Å². The summed E-state index contributed by atoms with van der Waals surface area (Å²) < 4.78 is 5.47. The Morgan fingerprint density at radius 2 is 2.00 bits per heavy atom. The van der Waals surface area contributed by atoms with Crippen LogP contribution in [0.25, 0.3) is 0 Å². The van der Waals surface area contributed by atoms with Crippen molar-refractivity contribution in [3.8, 4) is 0 Å². The molecule has 5 heteroatoms. The van der Waals surface area contributed by atoms with Gasteiger partial charge in [-0.1, -0.05) is 12.1 Å². The Kier molecular flexibility index (Phi) is 4.57. The highest BCUT2D eigenvalue weighted by Gasteiger charge is 2.29. The second-order valence-electron chi connectivity index (χ2n) is 4.99. The number of hydrogen-bond acceptors (Lipinski definition) is 4. The molecule has 0 aliphatic carbocycles. The maximum Gasteiger partial charge on any atom is 0.0642 e. The molecule has 0 amide bonds. The van der Waals surface area contributed by atoms with E-state index in [9.17, 15) is 0 Å². The molecule has 106 valence electrons. The average molecular weight is 316 g/mol. The van der Waals surface area contributed by atoms with Crippen molar-refractivity contribution in [3.63, 3.8) is 0 Å². The van der Waals surface area contributed by atoms with Gasteiger partial charge >= 0.3 is 0 Å². The largest absolute Gasteiger partial charge is 0.378 e. The lowest BCUT2D eigenvalue weighted by molar-refractivity contribution is 0.122. The van der Waals surface area contributed by atoms with Gasteiger partial charge < -0.3 is 9.64 Å². The van der Waals surface area contributed by atoms with Crippen LogP contribution in [-0.4, -0.2) is 42.9 Å². The van der Waals surface area contributed by atoms with Gasteiger partial charge in [0.05, 0.1) is 13.2 Å². The molecule has 1 atom stereocenters. The lowest BCUT2D eigenvalue weighted by Crippen LogP contribution is -2.36. The summed E-state index contributed by atoms with van der Waals surface area (Å²) in [5, 5.41) is 1.21. The summed E-state index contributed by atoms with van der Waals surface area (Å²) in [5.74, 6) is 2.57. The normalized spacial score (nSPS) is 31.7. The summed E-state index contributed by atoms with van der Waals surface area (Å²) in [4.78, 5) is 3.97. The summed E-state index contributed by atoms with van der Waals surface area (Å²) >= 11 is 7.20. The molecule has 2 saturated heterocycles. The smallest absolute Gasteiger partial charge is 0.0642 e. The van der Waals surface area contributed by atoms with E-state index in [0.717, 1.165) is 26.3 Å². The molecular formula is C14H21NOS3. The molecule has 1 aromatic carbocycles. The molecule has 3 rings (SSSR count). The molecule has 0 saturated carbocycles. The minimum Gasteiger partial charge on any atom is -0.378 e. The fourth-order valence-electron chi connectivity index (χ4n) is 2.67. The molecule has 19 heavy (non-hydrogen) atoms. The van der Waals surface area contributed by atoms with Gasteiger partial charge in [0.2, 0.25) is 0 Å². The zero-order chi connectivity index (χ0) is 13.1. The number of thiol groups is 1. The first kappa shape index (κ1) is 14.0. The van der Waals surface area contributed by atoms with Crippen molar-refractivity contribution in [2.45, 2.75) is 11.3 Å². The number of benzene rings is 1. The van der Waals surface area contributed by atoms with E-state index >= 15 is 0 Å². The zero-order valence-corrected chi connectivity index (χ0v) is 13.6. The lowest BCUT2D eigenvalue weighted by atomic mass is 10.2. The molecule has 0 radical (unpaired) electrons. The minimum atomic E-state index is -0.924. The van der Waals surface area contributed by atoms with Gasteiger partial charge in [-0.2, -0.15) is 20.8 Å². The SMILES string of the molecule is SS1(c2ccccc2N2CCOCC2)CCCSC1. The molecule has 0 spiro atoms. The number of morpholine rings is 1. The molecule has 2 heterocycles. The molecule has 0 aromatic heterocycles. The van der Waals surface area contributed by atoms with Gasteiger partial charge in [-0.15, -0.1) is 11.7 Å². The van der Waals surface area contributed by atoms with Crippen LogP contribution >= 0.6 is 32.5 Å². The maximum atomic E-state index is 5.47. The molecule has 1 aromatic rings. The van der Waals surface area contributed by atoms with Crippen molar-refractivity contribution < 1.29 is 4.74 Å². The highest BCUT2D eigenvalue weighted by Crippen LogP contribution is 2.66. The molecule has 2 aliphatic heterocycles. The third kappa shape index (κ3) is 3.04. The number of anilines is 1. The van der Waals surface area contributed by atoms with Gasteiger partial charge in [-0.25, -0.2) is 0 Å². The number of nitrogens with zero attached hydrogens (tertiary/aromatic N) is 1. The van der Waals surface area contributed by atoms with Crippen LogP contribution in [0.1, 0.15) is 6.42 Å². The zero-order valence-electron chi connectivity index (χ0n) is 11.1. The van der Waals surface area contributed by atoms with E-state index in [-0.39, 0.29) is 0 Å². The third-order valence-corrected chi connectivity index (χ3v) is 10.7. The van der Waals surface area contributed by atoms with Crippen molar-refractivity contribution in [3.05, 3.63) is 24.3 Å². The molecule has 0 bridgehead atoms. The maximum absolute atomic E-state index is 5.47. The van der Waals surface area contributed by atoms with Crippen LogP contribution in [0.4, 0.5) is 5.69 Å². The highest BCUT2D eigenvalue weighted by molar-refractivity contribution is 8.89. The Morgan fingerprint density at radius 3 is 2.74 bits per heavy atom. The second kappa shape index (κ2) is 6.20. The number of hydrogen-bond donors (Lipinski definition) is 1. The van der Waals surface area contributed by atoms with Crippen LogP contribution in [0.15, 0.2) is 29.2 Å². The summed E-state index contributed by atoms with van der Waals surface area (Å²) in [7, 11) is -0.924. The predicted molar refractivity (Wildman–Crippen MR) is 91.1 cm³/mol. The van der Waals surface area contributed by atoms with Crippen LogP contribution in [0.2, 0.25) is 0 Å². The third-order valence-electron chi connectivity index (χ3n) is 3.68. The summed E-state index contributed by atoms with van der Waals surface area (Å²) in [6, 6.07) is 8.90. The molecule has 1 unspecified atom stereocenters. The van der Waals surface area contributed by atoms with E-state index in [4.69, 9.17) is 16.4 Å². The van der Waals surface area contributed by atoms with Crippen molar-refractivity contribution in [2.75, 3.05) is 47.8 Å².